The van der Waals surface area contributed by atoms with Crippen LogP contribution in [0.2, 0.25) is 0 Å². The number of aromatic hydroxyl groups is 1. The number of anilines is 2. The maximum Gasteiger partial charge on any atom is 0.303 e. The molecular formula is C34H41N5O5. The van der Waals surface area contributed by atoms with Crippen molar-refractivity contribution >= 4 is 23.2 Å². The largest absolute Gasteiger partial charge is 0.500 e. The van der Waals surface area contributed by atoms with Crippen molar-refractivity contribution < 1.29 is 24.5 Å². The Morgan fingerprint density at radius 3 is 2.59 bits per heavy atom. The molecule has 1 unspecified atom stereocenters. The molecule has 3 aromatic heterocycles. The van der Waals surface area contributed by atoms with Crippen LogP contribution < -0.4 is 14.5 Å². The van der Waals surface area contributed by atoms with E-state index < -0.39 is 5.97 Å². The minimum atomic E-state index is -0.776. The fourth-order valence-electron chi connectivity index (χ4n) is 5.82. The normalized spacial score (nSPS) is 15.8. The molecule has 232 valence electrons. The van der Waals surface area contributed by atoms with E-state index in [-0.39, 0.29) is 18.2 Å². The second-order valence-corrected chi connectivity index (χ2v) is 11.7. The molecule has 1 saturated carbocycles. The van der Waals surface area contributed by atoms with Crippen LogP contribution in [0, 0.1) is 18.8 Å². The van der Waals surface area contributed by atoms with Crippen LogP contribution in [0.3, 0.4) is 0 Å². The molecule has 1 atom stereocenters. The minimum absolute atomic E-state index is 0.00648. The van der Waals surface area contributed by atoms with Crippen LogP contribution in [0.1, 0.15) is 54.8 Å². The first-order chi connectivity index (χ1) is 21.2. The van der Waals surface area contributed by atoms with Crippen molar-refractivity contribution in [1.82, 2.24) is 15.0 Å². The average Bonchev–Trinajstić information content (AvgIpc) is 3.87. The molecule has 0 spiro atoms. The summed E-state index contributed by atoms with van der Waals surface area (Å²) < 4.78 is 11.5. The molecule has 2 fully saturated rings. The third-order valence-electron chi connectivity index (χ3n) is 8.47. The van der Waals surface area contributed by atoms with E-state index in [1.165, 1.54) is 0 Å². The van der Waals surface area contributed by atoms with Crippen molar-refractivity contribution in [2.45, 2.75) is 44.9 Å². The number of carboxylic acid groups (broad SMARTS) is 1. The van der Waals surface area contributed by atoms with Crippen molar-refractivity contribution in [3.8, 4) is 11.8 Å². The summed E-state index contributed by atoms with van der Waals surface area (Å²) in [5.41, 5.74) is 4.18. The predicted octanol–water partition coefficient (Wildman–Crippen LogP) is 5.79. The van der Waals surface area contributed by atoms with Gasteiger partial charge >= 0.3 is 5.97 Å². The third kappa shape index (κ3) is 7.67. The van der Waals surface area contributed by atoms with Crippen LogP contribution in [0.15, 0.2) is 67.7 Å². The van der Waals surface area contributed by atoms with Gasteiger partial charge in [-0.05, 0) is 74.1 Å². The number of nitrogens with zero attached hydrogens (tertiary/aromatic N) is 5. The van der Waals surface area contributed by atoms with Crippen LogP contribution in [-0.2, 0) is 9.53 Å². The van der Waals surface area contributed by atoms with E-state index in [4.69, 9.17) is 14.5 Å². The smallest absolute Gasteiger partial charge is 0.303 e. The maximum absolute atomic E-state index is 11.4. The zero-order chi connectivity index (χ0) is 31.2. The van der Waals surface area contributed by atoms with E-state index in [1.807, 2.05) is 42.2 Å². The zero-order valence-electron chi connectivity index (χ0n) is 25.5. The molecular weight excluding hydrogens is 558 g/mol. The summed E-state index contributed by atoms with van der Waals surface area (Å²) in [4.78, 5) is 28.9. The number of carboxylic acids is 1. The van der Waals surface area contributed by atoms with E-state index in [0.717, 1.165) is 61.3 Å². The molecule has 10 heteroatoms. The molecule has 44 heavy (non-hydrogen) atoms. The number of aromatic nitrogens is 3. The van der Waals surface area contributed by atoms with Gasteiger partial charge in [-0.1, -0.05) is 19.2 Å². The lowest BCUT2D eigenvalue weighted by atomic mass is 9.92. The van der Waals surface area contributed by atoms with Gasteiger partial charge in [0.05, 0.1) is 32.4 Å². The monoisotopic (exact) mass is 599 g/mol. The zero-order valence-corrected chi connectivity index (χ0v) is 25.5. The van der Waals surface area contributed by atoms with Crippen LogP contribution in [-0.4, -0.2) is 64.5 Å². The summed E-state index contributed by atoms with van der Waals surface area (Å²) in [7, 11) is 1.59. The van der Waals surface area contributed by atoms with Crippen LogP contribution in [0.4, 0.5) is 11.5 Å². The molecule has 5 rings (SSSR count). The summed E-state index contributed by atoms with van der Waals surface area (Å²) in [6.07, 6.45) is 7.42. The van der Waals surface area contributed by atoms with Gasteiger partial charge in [-0.25, -0.2) is 15.0 Å². The lowest BCUT2D eigenvalue weighted by molar-refractivity contribution is -0.137. The van der Waals surface area contributed by atoms with Crippen molar-refractivity contribution in [3.63, 3.8) is 0 Å². The number of pyridine rings is 3. The molecule has 10 nitrogen and oxygen atoms in total. The molecule has 1 aliphatic heterocycles. The molecule has 4 heterocycles. The summed E-state index contributed by atoms with van der Waals surface area (Å²) in [5, 5.41) is 19.7. The molecule has 2 N–H and O–H groups in total. The van der Waals surface area contributed by atoms with Crippen LogP contribution in [0.5, 0.6) is 11.8 Å². The highest BCUT2D eigenvalue weighted by Gasteiger charge is 2.34. The van der Waals surface area contributed by atoms with Crippen molar-refractivity contribution in [2.24, 2.45) is 11.8 Å². The SMILES string of the molecule is C=C(CN(C(=C)c1cnc(O)cc1N1CCC(COc2cc(C(CC(=O)O)C3CC3)ccn2)CC1)c1cccc(C)n1)OC. The fourth-order valence-corrected chi connectivity index (χ4v) is 5.82. The summed E-state index contributed by atoms with van der Waals surface area (Å²) in [5.74, 6) is 1.76. The van der Waals surface area contributed by atoms with Crippen molar-refractivity contribution in [2.75, 3.05) is 43.2 Å². The van der Waals surface area contributed by atoms with Crippen LogP contribution >= 0.6 is 0 Å². The van der Waals surface area contributed by atoms with Crippen molar-refractivity contribution in [3.05, 3.63) is 84.5 Å². The van der Waals surface area contributed by atoms with Crippen molar-refractivity contribution in [1.29, 1.82) is 0 Å². The van der Waals surface area contributed by atoms with Gasteiger partial charge in [-0.3, -0.25) is 4.79 Å². The van der Waals surface area contributed by atoms with Gasteiger partial charge in [-0.2, -0.15) is 0 Å². The molecule has 0 aromatic carbocycles. The van der Waals surface area contributed by atoms with Crippen LogP contribution in [0.25, 0.3) is 5.70 Å². The Morgan fingerprint density at radius 1 is 1.14 bits per heavy atom. The Labute approximate surface area is 258 Å². The summed E-state index contributed by atoms with van der Waals surface area (Å²) >= 11 is 0. The number of rotatable bonds is 14. The Kier molecular flexibility index (Phi) is 9.67. The number of aryl methyl sites for hydroxylation is 1. The van der Waals surface area contributed by atoms with E-state index in [1.54, 1.807) is 25.6 Å². The van der Waals surface area contributed by atoms with E-state index in [9.17, 15) is 15.0 Å². The first-order valence-corrected chi connectivity index (χ1v) is 15.1. The van der Waals surface area contributed by atoms with Gasteiger partial charge in [0.2, 0.25) is 11.8 Å². The molecule has 1 aliphatic carbocycles. The summed E-state index contributed by atoms with van der Waals surface area (Å²) in [6.45, 7) is 12.8. The molecule has 0 amide bonds. The van der Waals surface area contributed by atoms with E-state index in [2.05, 4.69) is 28.0 Å². The van der Waals surface area contributed by atoms with E-state index >= 15 is 0 Å². The molecule has 2 aliphatic rings. The number of piperidine rings is 1. The van der Waals surface area contributed by atoms with Gasteiger partial charge in [0, 0.05) is 54.6 Å². The highest BCUT2D eigenvalue weighted by molar-refractivity contribution is 5.84. The molecule has 0 bridgehead atoms. The lowest BCUT2D eigenvalue weighted by Crippen LogP contribution is -2.36. The number of aliphatic carboxylic acids is 1. The Balaban J connectivity index is 1.25. The Bertz CT molecular complexity index is 1500. The predicted molar refractivity (Wildman–Crippen MR) is 170 cm³/mol. The number of ether oxygens (including phenoxy) is 2. The van der Waals surface area contributed by atoms with Gasteiger partial charge in [0.25, 0.3) is 0 Å². The van der Waals surface area contributed by atoms with Gasteiger partial charge in [0.1, 0.15) is 11.6 Å². The third-order valence-corrected chi connectivity index (χ3v) is 8.47. The Hall–Kier alpha value is -4.60. The minimum Gasteiger partial charge on any atom is -0.500 e. The lowest BCUT2D eigenvalue weighted by Gasteiger charge is -2.36. The number of hydrogen-bond donors (Lipinski definition) is 2. The molecule has 0 radical (unpaired) electrons. The number of hydrogen-bond acceptors (Lipinski definition) is 9. The first kappa shape index (κ1) is 30.8. The van der Waals surface area contributed by atoms with Gasteiger partial charge in [-0.15, -0.1) is 0 Å². The van der Waals surface area contributed by atoms with Gasteiger partial charge < -0.3 is 29.5 Å². The topological polar surface area (TPSA) is 121 Å². The Morgan fingerprint density at radius 2 is 1.91 bits per heavy atom. The highest BCUT2D eigenvalue weighted by Crippen LogP contribution is 2.45. The molecule has 3 aromatic rings. The van der Waals surface area contributed by atoms with E-state index in [0.29, 0.717) is 48.1 Å². The fraction of sp³-hybridized carbons (Fsp3) is 0.412. The quantitative estimate of drug-likeness (QED) is 0.220. The standard InChI is InChI=1S/C34H41N5O5/c1-22-6-5-7-31(37-22)39(20-23(2)43-4)24(3)29-19-36-32(40)18-30(29)38-14-11-25(12-15-38)21-44-33-16-27(10-13-35-33)28(17-34(41)42)26-8-9-26/h5-7,10,13,16,18-19,25-26,28H,2-3,8-9,11-12,14-15,17,20-21H2,1,4H3,(H,36,40)(H,41,42). The summed E-state index contributed by atoms with van der Waals surface area (Å²) in [6, 6.07) is 11.3. The number of carbonyl (C=O) groups is 1. The second kappa shape index (κ2) is 13.8. The molecule has 1 saturated heterocycles. The highest BCUT2D eigenvalue weighted by atomic mass is 16.5. The second-order valence-electron chi connectivity index (χ2n) is 11.7. The average molecular weight is 600 g/mol. The van der Waals surface area contributed by atoms with Gasteiger partial charge in [0.15, 0.2) is 0 Å². The first-order valence-electron chi connectivity index (χ1n) is 15.1. The number of methoxy groups -OCH3 is 1. The maximum atomic E-state index is 11.4.